The average Bonchev–Trinajstić information content (AvgIpc) is 3.05. The number of hydrogen-bond acceptors (Lipinski definition) is 4. The maximum absolute atomic E-state index is 12.8. The van der Waals surface area contributed by atoms with Crippen LogP contribution < -0.4 is 0 Å². The molecule has 3 rings (SSSR count). The summed E-state index contributed by atoms with van der Waals surface area (Å²) in [6, 6.07) is 1.85. The summed E-state index contributed by atoms with van der Waals surface area (Å²) in [4.78, 5) is 33.2. The molecule has 2 amide bonds. The number of carbonyl (C=O) groups excluding carboxylic acids is 2. The van der Waals surface area contributed by atoms with Crippen molar-refractivity contribution in [3.63, 3.8) is 0 Å². The van der Waals surface area contributed by atoms with Crippen LogP contribution in [0.1, 0.15) is 48.7 Å². The van der Waals surface area contributed by atoms with E-state index in [1.165, 1.54) is 0 Å². The number of H-pyrrole nitrogens is 1. The number of amides is 2. The van der Waals surface area contributed by atoms with Crippen LogP contribution in [0.3, 0.4) is 0 Å². The number of fused-ring (bicyclic) bond motifs is 1. The highest BCUT2D eigenvalue weighted by atomic mass is 16.2. The van der Waals surface area contributed by atoms with Gasteiger partial charge in [0.05, 0.1) is 5.56 Å². The predicted molar refractivity (Wildman–Crippen MR) is 99.8 cm³/mol. The fourth-order valence-corrected chi connectivity index (χ4v) is 3.47. The van der Waals surface area contributed by atoms with Gasteiger partial charge in [-0.1, -0.05) is 13.3 Å². The molecule has 0 bridgehead atoms. The zero-order valence-electron chi connectivity index (χ0n) is 15.8. The Morgan fingerprint density at radius 2 is 2.08 bits per heavy atom. The second-order valence-electron chi connectivity index (χ2n) is 7.12. The van der Waals surface area contributed by atoms with E-state index in [2.05, 4.69) is 22.1 Å². The topological polar surface area (TPSA) is 82.2 Å². The van der Waals surface area contributed by atoms with Crippen LogP contribution in [-0.2, 0) is 4.79 Å². The number of carbonyl (C=O) groups is 2. The van der Waals surface area contributed by atoms with Crippen molar-refractivity contribution in [1.29, 1.82) is 0 Å². The largest absolute Gasteiger partial charge is 0.346 e. The molecule has 2 aromatic rings. The molecule has 1 fully saturated rings. The summed E-state index contributed by atoms with van der Waals surface area (Å²) in [6.45, 7) is 6.07. The van der Waals surface area contributed by atoms with E-state index in [4.69, 9.17) is 0 Å². The maximum atomic E-state index is 12.8. The third kappa shape index (κ3) is 3.71. The predicted octanol–water partition coefficient (Wildman–Crippen LogP) is 2.38. The highest BCUT2D eigenvalue weighted by Crippen LogP contribution is 2.22. The van der Waals surface area contributed by atoms with Crippen LogP contribution in [0.2, 0.25) is 0 Å². The second kappa shape index (κ2) is 7.85. The molecule has 1 aliphatic heterocycles. The fourth-order valence-electron chi connectivity index (χ4n) is 3.47. The first-order valence-corrected chi connectivity index (χ1v) is 9.36. The molecule has 3 heterocycles. The van der Waals surface area contributed by atoms with E-state index in [9.17, 15) is 9.59 Å². The standard InChI is InChI=1S/C19H27N5O2/c1-4-5-8-23(3)18(25)14-6-9-24(10-7-14)19(26)15-11-16-13(2)21-22-17(16)20-12-15/h11-12,14H,4-10H2,1-3H3,(H,20,21,22). The van der Waals surface area contributed by atoms with E-state index >= 15 is 0 Å². The number of rotatable bonds is 5. The first kappa shape index (κ1) is 18.4. The molecule has 1 aliphatic rings. The lowest BCUT2D eigenvalue weighted by atomic mass is 9.95. The van der Waals surface area contributed by atoms with Gasteiger partial charge in [-0.05, 0) is 32.3 Å². The summed E-state index contributed by atoms with van der Waals surface area (Å²) in [5.41, 5.74) is 2.10. The zero-order valence-corrected chi connectivity index (χ0v) is 15.8. The Kier molecular flexibility index (Phi) is 5.54. The van der Waals surface area contributed by atoms with Gasteiger partial charge in [0.15, 0.2) is 5.65 Å². The van der Waals surface area contributed by atoms with Gasteiger partial charge in [0.1, 0.15) is 0 Å². The molecule has 0 aromatic carbocycles. The Morgan fingerprint density at radius 1 is 1.35 bits per heavy atom. The van der Waals surface area contributed by atoms with E-state index in [0.717, 1.165) is 43.3 Å². The van der Waals surface area contributed by atoms with Crippen molar-refractivity contribution in [2.45, 2.75) is 39.5 Å². The SMILES string of the molecule is CCCCN(C)C(=O)C1CCN(C(=O)c2cnc3n[nH]c(C)c3c2)CC1. The Bertz CT molecular complexity index is 792. The van der Waals surface area contributed by atoms with E-state index in [0.29, 0.717) is 24.3 Å². The summed E-state index contributed by atoms with van der Waals surface area (Å²) in [6.07, 6.45) is 5.14. The van der Waals surface area contributed by atoms with Crippen molar-refractivity contribution in [3.05, 3.63) is 23.5 Å². The number of nitrogens with zero attached hydrogens (tertiary/aromatic N) is 4. The van der Waals surface area contributed by atoms with E-state index in [1.54, 1.807) is 6.20 Å². The van der Waals surface area contributed by atoms with Gasteiger partial charge in [-0.2, -0.15) is 5.10 Å². The van der Waals surface area contributed by atoms with Gasteiger partial charge in [0, 0.05) is 49.9 Å². The van der Waals surface area contributed by atoms with Crippen molar-refractivity contribution in [1.82, 2.24) is 25.0 Å². The highest BCUT2D eigenvalue weighted by Gasteiger charge is 2.29. The lowest BCUT2D eigenvalue weighted by Gasteiger charge is -2.33. The Labute approximate surface area is 153 Å². The molecular formula is C19H27N5O2. The van der Waals surface area contributed by atoms with E-state index in [-0.39, 0.29) is 17.7 Å². The Morgan fingerprint density at radius 3 is 2.77 bits per heavy atom. The number of likely N-dealkylation sites (tertiary alicyclic amines) is 1. The summed E-state index contributed by atoms with van der Waals surface area (Å²) >= 11 is 0. The lowest BCUT2D eigenvalue weighted by molar-refractivity contribution is -0.135. The van der Waals surface area contributed by atoms with Gasteiger partial charge in [0.2, 0.25) is 5.91 Å². The Hall–Kier alpha value is -2.44. The molecule has 0 saturated carbocycles. The number of piperidine rings is 1. The molecule has 1 N–H and O–H groups in total. The molecule has 0 aliphatic carbocycles. The number of nitrogens with one attached hydrogen (secondary N) is 1. The molecule has 0 radical (unpaired) electrons. The second-order valence-corrected chi connectivity index (χ2v) is 7.12. The number of hydrogen-bond donors (Lipinski definition) is 1. The number of unbranched alkanes of at least 4 members (excludes halogenated alkanes) is 1. The van der Waals surface area contributed by atoms with Gasteiger partial charge in [-0.3, -0.25) is 14.7 Å². The number of pyridine rings is 1. The van der Waals surface area contributed by atoms with Crippen molar-refractivity contribution in [3.8, 4) is 0 Å². The molecular weight excluding hydrogens is 330 g/mol. The third-order valence-electron chi connectivity index (χ3n) is 5.20. The van der Waals surface area contributed by atoms with Crippen molar-refractivity contribution < 1.29 is 9.59 Å². The van der Waals surface area contributed by atoms with Crippen LogP contribution in [0.15, 0.2) is 12.3 Å². The van der Waals surface area contributed by atoms with Gasteiger partial charge >= 0.3 is 0 Å². The zero-order chi connectivity index (χ0) is 18.7. The summed E-state index contributed by atoms with van der Waals surface area (Å²) in [7, 11) is 1.88. The molecule has 1 saturated heterocycles. The van der Waals surface area contributed by atoms with Crippen molar-refractivity contribution in [2.75, 3.05) is 26.7 Å². The normalized spacial score (nSPS) is 15.4. The minimum absolute atomic E-state index is 0.0229. The van der Waals surface area contributed by atoms with Crippen LogP contribution in [0.4, 0.5) is 0 Å². The molecule has 0 atom stereocenters. The van der Waals surface area contributed by atoms with Gasteiger partial charge in [-0.15, -0.1) is 0 Å². The maximum Gasteiger partial charge on any atom is 0.255 e. The molecule has 26 heavy (non-hydrogen) atoms. The van der Waals surface area contributed by atoms with Gasteiger partial charge in [-0.25, -0.2) is 4.98 Å². The highest BCUT2D eigenvalue weighted by molar-refractivity contribution is 5.97. The van der Waals surface area contributed by atoms with Gasteiger partial charge in [0.25, 0.3) is 5.91 Å². The molecule has 7 heteroatoms. The summed E-state index contributed by atoms with van der Waals surface area (Å²) < 4.78 is 0. The first-order chi connectivity index (χ1) is 12.5. The minimum Gasteiger partial charge on any atom is -0.346 e. The lowest BCUT2D eigenvalue weighted by Crippen LogP contribution is -2.43. The Balaban J connectivity index is 1.61. The number of aromatic amines is 1. The summed E-state index contributed by atoms with van der Waals surface area (Å²) in [5.74, 6) is 0.213. The van der Waals surface area contributed by atoms with Crippen molar-refractivity contribution >= 4 is 22.8 Å². The van der Waals surface area contributed by atoms with E-state index in [1.807, 2.05) is 29.8 Å². The van der Waals surface area contributed by atoms with Crippen LogP contribution in [0.25, 0.3) is 11.0 Å². The number of aromatic nitrogens is 3. The average molecular weight is 357 g/mol. The van der Waals surface area contributed by atoms with Gasteiger partial charge < -0.3 is 9.80 Å². The number of aryl methyl sites for hydroxylation is 1. The van der Waals surface area contributed by atoms with Crippen LogP contribution in [-0.4, -0.2) is 63.5 Å². The van der Waals surface area contributed by atoms with Crippen LogP contribution >= 0.6 is 0 Å². The van der Waals surface area contributed by atoms with E-state index < -0.39 is 0 Å². The molecule has 7 nitrogen and oxygen atoms in total. The molecule has 2 aromatic heterocycles. The molecule has 0 unspecified atom stereocenters. The quantitative estimate of drug-likeness (QED) is 0.891. The van der Waals surface area contributed by atoms with Crippen molar-refractivity contribution in [2.24, 2.45) is 5.92 Å². The third-order valence-corrected chi connectivity index (χ3v) is 5.20. The van der Waals surface area contributed by atoms with Crippen LogP contribution in [0.5, 0.6) is 0 Å². The molecule has 0 spiro atoms. The monoisotopic (exact) mass is 357 g/mol. The first-order valence-electron chi connectivity index (χ1n) is 9.36. The smallest absolute Gasteiger partial charge is 0.255 e. The molecule has 140 valence electrons. The van der Waals surface area contributed by atoms with Crippen LogP contribution in [0, 0.1) is 12.8 Å². The fraction of sp³-hybridized carbons (Fsp3) is 0.579. The minimum atomic E-state index is -0.0229. The summed E-state index contributed by atoms with van der Waals surface area (Å²) in [5, 5.41) is 7.85.